The van der Waals surface area contributed by atoms with Gasteiger partial charge in [0.15, 0.2) is 0 Å². The molecule has 0 N–H and O–H groups in total. The summed E-state index contributed by atoms with van der Waals surface area (Å²) in [5, 5.41) is 0. The Bertz CT molecular complexity index is 371. The van der Waals surface area contributed by atoms with E-state index >= 15 is 0 Å². The van der Waals surface area contributed by atoms with Gasteiger partial charge in [-0.25, -0.2) is 0 Å². The maximum absolute atomic E-state index is 2.59. The minimum absolute atomic E-state index is 1.04. The van der Waals surface area contributed by atoms with Crippen LogP contribution in [0.2, 0.25) is 0 Å². The molecule has 0 radical (unpaired) electrons. The average Bonchev–Trinajstić information content (AvgIpc) is 2.95. The summed E-state index contributed by atoms with van der Waals surface area (Å²) in [6, 6.07) is 0. The topological polar surface area (TPSA) is 0 Å². The van der Waals surface area contributed by atoms with E-state index in [1.165, 1.54) is 173 Å². The van der Waals surface area contributed by atoms with Crippen molar-refractivity contribution in [2.24, 2.45) is 0 Å². The van der Waals surface area contributed by atoms with Crippen molar-refractivity contribution >= 4 is 7.26 Å². The van der Waals surface area contributed by atoms with Crippen LogP contribution in [0.3, 0.4) is 0 Å². The third kappa shape index (κ3) is 28.3. The van der Waals surface area contributed by atoms with Gasteiger partial charge in [-0.05, 0) is 0 Å². The van der Waals surface area contributed by atoms with Gasteiger partial charge in [0.25, 0.3) is 0 Å². The second-order valence-electron chi connectivity index (χ2n) is 13.6. The van der Waals surface area contributed by atoms with Crippen LogP contribution < -0.4 is 0 Å². The molecular weight excluding hydrogens is 487 g/mol. The number of hydrogen-bond acceptors (Lipinski definition) is 0. The van der Waals surface area contributed by atoms with Crippen molar-refractivity contribution in [1.29, 1.82) is 0 Å². The molecule has 238 valence electrons. The molecule has 0 saturated carbocycles. The van der Waals surface area contributed by atoms with Gasteiger partial charge in [-0.2, -0.15) is 0 Å². The summed E-state index contributed by atoms with van der Waals surface area (Å²) < 4.78 is 0. The molecule has 0 amide bonds. The van der Waals surface area contributed by atoms with Gasteiger partial charge in [-0.3, -0.25) is 0 Å². The summed E-state index contributed by atoms with van der Waals surface area (Å²) in [6.07, 6.45) is 51.2. The molecule has 0 heterocycles. The molecule has 0 saturated heterocycles. The van der Waals surface area contributed by atoms with E-state index in [9.17, 15) is 0 Å². The van der Waals surface area contributed by atoms with Gasteiger partial charge in [0.1, 0.15) is 0 Å². The molecule has 0 rings (SSSR count). The zero-order chi connectivity index (χ0) is 28.5. The number of rotatable bonds is 34. The summed E-state index contributed by atoms with van der Waals surface area (Å²) in [5.74, 6) is 0. The summed E-state index contributed by atoms with van der Waals surface area (Å²) in [4.78, 5) is 0. The Balaban J connectivity index is 4.22. The van der Waals surface area contributed by atoms with Gasteiger partial charge in [0.2, 0.25) is 0 Å². The van der Waals surface area contributed by atoms with Crippen LogP contribution >= 0.6 is 7.26 Å². The van der Waals surface area contributed by atoms with E-state index in [4.69, 9.17) is 0 Å². The Hall–Kier alpha value is 0.430. The summed E-state index contributed by atoms with van der Waals surface area (Å²) in [5.41, 5.74) is 0. The zero-order valence-electron chi connectivity index (χ0n) is 28.5. The number of hydrogen-bond donors (Lipinski definition) is 0. The van der Waals surface area contributed by atoms with Crippen LogP contribution in [0.1, 0.15) is 220 Å². The third-order valence-corrected chi connectivity index (χ3v) is 15.7. The van der Waals surface area contributed by atoms with E-state index in [1.54, 1.807) is 43.9 Å². The van der Waals surface area contributed by atoms with Gasteiger partial charge >= 0.3 is 252 Å². The minimum atomic E-state index is -1.04. The van der Waals surface area contributed by atoms with Crippen LogP contribution in [0, 0.1) is 0 Å². The maximum atomic E-state index is 2.59. The van der Waals surface area contributed by atoms with E-state index in [-0.39, 0.29) is 0 Å². The molecule has 0 atom stereocenters. The fourth-order valence-corrected chi connectivity index (χ4v) is 11.7. The van der Waals surface area contributed by atoms with Crippen LogP contribution in [0.4, 0.5) is 0 Å². The molecule has 1 heteroatoms. The normalized spacial score (nSPS) is 12.4. The van der Waals surface area contributed by atoms with Gasteiger partial charge in [0, 0.05) is 0 Å². The van der Waals surface area contributed by atoms with Gasteiger partial charge < -0.3 is 0 Å². The van der Waals surface area contributed by atoms with Crippen molar-refractivity contribution in [3.8, 4) is 0 Å². The molecule has 0 unspecified atom stereocenters. The molecule has 0 aromatic heterocycles. The molecule has 0 aliphatic heterocycles. The third-order valence-electron chi connectivity index (χ3n) is 9.93. The van der Waals surface area contributed by atoms with E-state index < -0.39 is 7.26 Å². The van der Waals surface area contributed by atoms with Gasteiger partial charge in [0.05, 0.1) is 0 Å². The molecular formula is C38H81P. The summed E-state index contributed by atoms with van der Waals surface area (Å²) in [7, 11) is -1.04. The first kappa shape index (κ1) is 39.4. The monoisotopic (exact) mass is 569 g/mol. The Morgan fingerprint density at radius 3 is 0.590 bits per heavy atom. The molecule has 0 aromatic rings. The second kappa shape index (κ2) is 32.9. The molecule has 39 heavy (non-hydrogen) atoms. The van der Waals surface area contributed by atoms with Gasteiger partial charge in [-0.1, -0.05) is 0 Å². The fraction of sp³-hybridized carbons (Fsp3) is 1.00. The van der Waals surface area contributed by atoms with Crippen molar-refractivity contribution in [2.45, 2.75) is 220 Å². The van der Waals surface area contributed by atoms with Crippen LogP contribution in [0.25, 0.3) is 0 Å². The Morgan fingerprint density at radius 2 is 0.410 bits per heavy atom. The van der Waals surface area contributed by atoms with E-state index in [1.807, 2.05) is 0 Å². The van der Waals surface area contributed by atoms with E-state index in [0.29, 0.717) is 0 Å². The summed E-state index contributed by atoms with van der Waals surface area (Å²) in [6.45, 7) is 9.57. The Labute approximate surface area is 251 Å². The van der Waals surface area contributed by atoms with Crippen molar-refractivity contribution in [1.82, 2.24) is 0 Å². The second-order valence-corrected chi connectivity index (χ2v) is 18.9. The number of unbranched alkanes of at least 4 members (excludes halogenated alkanes) is 27. The molecule has 0 aromatic carbocycles. The summed E-state index contributed by atoms with van der Waals surface area (Å²) >= 11 is 0. The molecule has 0 aliphatic carbocycles. The van der Waals surface area contributed by atoms with E-state index in [2.05, 4.69) is 27.7 Å². The average molecular weight is 569 g/mol. The first-order valence-electron chi connectivity index (χ1n) is 19.2. The molecule has 0 aliphatic rings. The molecule has 0 bridgehead atoms. The van der Waals surface area contributed by atoms with Crippen molar-refractivity contribution in [3.05, 3.63) is 0 Å². The quantitative estimate of drug-likeness (QED) is 0.0535. The van der Waals surface area contributed by atoms with Crippen molar-refractivity contribution < 1.29 is 0 Å². The Kier molecular flexibility index (Phi) is 33.3. The standard InChI is InChI=1S/C38H81P/c1-5-9-12-15-18-21-24-27-30-33-36-39(8-4,37-34-31-28-25-22-19-16-13-10-6-2)38-35-32-29-26-23-20-17-14-11-7-3/h39H,5-38H2,1-4H3. The zero-order valence-corrected chi connectivity index (χ0v) is 29.5. The predicted octanol–water partition coefficient (Wildman–Crippen LogP) is 14.5. The molecule has 0 fully saturated rings. The van der Waals surface area contributed by atoms with Crippen LogP contribution in [-0.2, 0) is 0 Å². The van der Waals surface area contributed by atoms with Gasteiger partial charge in [-0.15, -0.1) is 0 Å². The molecule has 0 nitrogen and oxygen atoms in total. The first-order valence-corrected chi connectivity index (χ1v) is 22.1. The van der Waals surface area contributed by atoms with Crippen molar-refractivity contribution in [2.75, 3.05) is 24.6 Å². The SMILES string of the molecule is CCCCCCCCCCCC[PH](CC)(CCCCCCCCCCCC)CCCCCCCCCCCC. The fourth-order valence-electron chi connectivity index (χ4n) is 6.87. The Morgan fingerprint density at radius 1 is 0.231 bits per heavy atom. The van der Waals surface area contributed by atoms with Crippen LogP contribution in [0.5, 0.6) is 0 Å². The van der Waals surface area contributed by atoms with Crippen LogP contribution in [-0.4, -0.2) is 24.6 Å². The van der Waals surface area contributed by atoms with E-state index in [0.717, 1.165) is 0 Å². The first-order chi connectivity index (χ1) is 19.2. The predicted molar refractivity (Wildman–Crippen MR) is 189 cm³/mol. The van der Waals surface area contributed by atoms with Crippen LogP contribution in [0.15, 0.2) is 0 Å². The molecule has 0 spiro atoms. The van der Waals surface area contributed by atoms with Crippen molar-refractivity contribution in [3.63, 3.8) is 0 Å².